The minimum absolute atomic E-state index is 0.128. The van der Waals surface area contributed by atoms with Crippen molar-refractivity contribution in [1.82, 2.24) is 0 Å². The van der Waals surface area contributed by atoms with Gasteiger partial charge >= 0.3 is 0 Å². The number of carbonyl (C=O) groups excluding carboxylic acids is 1. The van der Waals surface area contributed by atoms with E-state index in [0.717, 1.165) is 11.3 Å². The SMILES string of the molecule is COc1ccc(CN=C([S-])C(C(=O)c2ccc(Cl)cc2)[n+]2ccccc2)cc1. The molecule has 0 saturated carbocycles. The number of aromatic nitrogens is 1. The summed E-state index contributed by atoms with van der Waals surface area (Å²) in [5.41, 5.74) is 1.52. The lowest BCUT2D eigenvalue weighted by Crippen LogP contribution is -2.47. The Bertz CT molecular complexity index is 958. The van der Waals surface area contributed by atoms with Gasteiger partial charge in [0, 0.05) is 22.7 Å². The van der Waals surface area contributed by atoms with Crippen LogP contribution in [-0.4, -0.2) is 17.9 Å². The fraction of sp³-hybridized carbons (Fsp3) is 0.136. The number of methoxy groups -OCH3 is 1. The Kier molecular flexibility index (Phi) is 6.74. The van der Waals surface area contributed by atoms with E-state index in [2.05, 4.69) is 4.99 Å². The highest BCUT2D eigenvalue weighted by Crippen LogP contribution is 2.16. The Morgan fingerprint density at radius 3 is 2.32 bits per heavy atom. The van der Waals surface area contributed by atoms with E-state index in [9.17, 15) is 4.79 Å². The van der Waals surface area contributed by atoms with E-state index < -0.39 is 6.04 Å². The first-order valence-electron chi connectivity index (χ1n) is 8.68. The van der Waals surface area contributed by atoms with Gasteiger partial charge in [-0.2, -0.15) is 4.57 Å². The van der Waals surface area contributed by atoms with Gasteiger partial charge in [-0.1, -0.05) is 29.8 Å². The molecular formula is C22H19ClN2O2S. The van der Waals surface area contributed by atoms with Gasteiger partial charge in [-0.05, 0) is 47.0 Å². The number of nitrogens with zero attached hydrogens (tertiary/aromatic N) is 2. The molecule has 3 aromatic rings. The lowest BCUT2D eigenvalue weighted by atomic mass is 10.0. The first-order chi connectivity index (χ1) is 13.6. The molecule has 1 heterocycles. The number of carbonyl (C=O) groups is 1. The summed E-state index contributed by atoms with van der Waals surface area (Å²) in [4.78, 5) is 17.7. The van der Waals surface area contributed by atoms with Gasteiger partial charge in [-0.25, -0.2) is 0 Å². The molecule has 0 aliphatic carbocycles. The normalized spacial score (nSPS) is 12.4. The van der Waals surface area contributed by atoms with Crippen molar-refractivity contribution >= 4 is 35.1 Å². The number of aliphatic imine (C=N–C) groups is 1. The van der Waals surface area contributed by atoms with Crippen LogP contribution in [0.5, 0.6) is 5.75 Å². The standard InChI is InChI=1S/C22H19ClN2O2S/c1-27-19-11-5-16(6-12-19)15-24-22(28)20(25-13-3-2-4-14-25)21(26)17-7-9-18(23)10-8-17/h2-14,20H,15H2,1H3. The van der Waals surface area contributed by atoms with E-state index in [4.69, 9.17) is 29.0 Å². The van der Waals surface area contributed by atoms with Gasteiger partial charge in [0.2, 0.25) is 11.8 Å². The average molecular weight is 411 g/mol. The second kappa shape index (κ2) is 9.44. The molecular weight excluding hydrogens is 392 g/mol. The minimum atomic E-state index is -0.698. The topological polar surface area (TPSA) is 42.5 Å². The monoisotopic (exact) mass is 410 g/mol. The maximum Gasteiger partial charge on any atom is 0.237 e. The van der Waals surface area contributed by atoms with Crippen molar-refractivity contribution in [2.24, 2.45) is 4.99 Å². The smallest absolute Gasteiger partial charge is 0.237 e. The van der Waals surface area contributed by atoms with Gasteiger partial charge < -0.3 is 22.4 Å². The third kappa shape index (κ3) is 4.94. The van der Waals surface area contributed by atoms with E-state index in [-0.39, 0.29) is 5.78 Å². The fourth-order valence-electron chi connectivity index (χ4n) is 2.72. The van der Waals surface area contributed by atoms with Crippen molar-refractivity contribution in [2.45, 2.75) is 12.6 Å². The maximum absolute atomic E-state index is 13.2. The molecule has 0 fully saturated rings. The Morgan fingerprint density at radius 1 is 1.07 bits per heavy atom. The molecule has 1 atom stereocenters. The van der Waals surface area contributed by atoms with Crippen molar-refractivity contribution in [1.29, 1.82) is 0 Å². The van der Waals surface area contributed by atoms with Gasteiger partial charge in [-0.3, -0.25) is 4.79 Å². The molecule has 142 valence electrons. The van der Waals surface area contributed by atoms with Gasteiger partial charge in [0.05, 0.1) is 13.7 Å². The van der Waals surface area contributed by atoms with Crippen LogP contribution >= 0.6 is 11.6 Å². The van der Waals surface area contributed by atoms with Crippen LogP contribution in [0.15, 0.2) is 84.1 Å². The number of ether oxygens (including phenoxy) is 1. The van der Waals surface area contributed by atoms with Gasteiger partial charge in [-0.15, -0.1) is 0 Å². The number of pyridine rings is 1. The van der Waals surface area contributed by atoms with Crippen molar-refractivity contribution in [3.63, 3.8) is 0 Å². The van der Waals surface area contributed by atoms with Crippen molar-refractivity contribution in [2.75, 3.05) is 7.11 Å². The molecule has 0 aliphatic rings. The highest BCUT2D eigenvalue weighted by molar-refractivity contribution is 7.77. The molecule has 1 aromatic heterocycles. The second-order valence-corrected chi connectivity index (χ2v) is 6.95. The zero-order valence-electron chi connectivity index (χ0n) is 15.3. The van der Waals surface area contributed by atoms with Crippen LogP contribution in [0.1, 0.15) is 22.0 Å². The van der Waals surface area contributed by atoms with Crippen LogP contribution in [0, 0.1) is 0 Å². The zero-order chi connectivity index (χ0) is 19.9. The number of Topliss-reactive ketones (excluding diaryl/α,β-unsaturated/α-hetero) is 1. The molecule has 6 heteroatoms. The number of halogens is 1. The summed E-state index contributed by atoms with van der Waals surface area (Å²) < 4.78 is 6.94. The molecule has 4 nitrogen and oxygen atoms in total. The molecule has 0 radical (unpaired) electrons. The Balaban J connectivity index is 1.89. The predicted molar refractivity (Wildman–Crippen MR) is 113 cm³/mol. The van der Waals surface area contributed by atoms with Gasteiger partial charge in [0.15, 0.2) is 12.4 Å². The van der Waals surface area contributed by atoms with Crippen molar-refractivity contribution < 1.29 is 14.1 Å². The Morgan fingerprint density at radius 2 is 1.71 bits per heavy atom. The summed E-state index contributed by atoms with van der Waals surface area (Å²) in [7, 11) is 1.62. The molecule has 0 N–H and O–H groups in total. The largest absolute Gasteiger partial charge is 0.758 e. The lowest BCUT2D eigenvalue weighted by molar-refractivity contribution is -0.691. The third-order valence-electron chi connectivity index (χ3n) is 4.22. The molecule has 3 rings (SSSR count). The first kappa shape index (κ1) is 20.0. The molecule has 1 unspecified atom stereocenters. The fourth-order valence-corrected chi connectivity index (χ4v) is 3.14. The van der Waals surface area contributed by atoms with Crippen molar-refractivity contribution in [3.05, 3.63) is 95.3 Å². The molecule has 0 amide bonds. The predicted octanol–water partition coefficient (Wildman–Crippen LogP) is 4.21. The number of hydrogen-bond acceptors (Lipinski definition) is 4. The van der Waals surface area contributed by atoms with Crippen LogP contribution in [0.3, 0.4) is 0 Å². The summed E-state index contributed by atoms with van der Waals surface area (Å²) in [6.45, 7) is 0.390. The van der Waals surface area contributed by atoms with Crippen LogP contribution < -0.4 is 9.30 Å². The van der Waals surface area contributed by atoms with Crippen LogP contribution in [0.4, 0.5) is 0 Å². The summed E-state index contributed by atoms with van der Waals surface area (Å²) in [5.74, 6) is 0.651. The third-order valence-corrected chi connectivity index (χ3v) is 4.83. The number of rotatable bonds is 7. The molecule has 0 bridgehead atoms. The molecule has 0 aliphatic heterocycles. The zero-order valence-corrected chi connectivity index (χ0v) is 16.9. The quantitative estimate of drug-likeness (QED) is 0.193. The minimum Gasteiger partial charge on any atom is -0.758 e. The van der Waals surface area contributed by atoms with E-state index in [1.54, 1.807) is 35.9 Å². The summed E-state index contributed by atoms with van der Waals surface area (Å²) in [6, 6.07) is 19.3. The molecule has 0 spiro atoms. The number of ketones is 1. The number of hydrogen-bond donors (Lipinski definition) is 0. The molecule has 28 heavy (non-hydrogen) atoms. The van der Waals surface area contributed by atoms with E-state index in [1.165, 1.54) is 0 Å². The van der Waals surface area contributed by atoms with E-state index in [1.807, 2.05) is 54.9 Å². The highest BCUT2D eigenvalue weighted by atomic mass is 35.5. The van der Waals surface area contributed by atoms with Crippen molar-refractivity contribution in [3.8, 4) is 5.75 Å². The molecule has 0 saturated heterocycles. The van der Waals surface area contributed by atoms with E-state index >= 15 is 0 Å². The summed E-state index contributed by atoms with van der Waals surface area (Å²) >= 11 is 11.5. The summed E-state index contributed by atoms with van der Waals surface area (Å²) in [5, 5.41) is 0.902. The molecule has 2 aromatic carbocycles. The Hall–Kier alpha value is -2.76. The number of benzene rings is 2. The lowest BCUT2D eigenvalue weighted by Gasteiger charge is -2.18. The van der Waals surface area contributed by atoms with Crippen LogP contribution in [0.25, 0.3) is 0 Å². The maximum atomic E-state index is 13.2. The summed E-state index contributed by atoms with van der Waals surface area (Å²) in [6.07, 6.45) is 3.63. The van der Waals surface area contributed by atoms with Gasteiger partial charge in [0.1, 0.15) is 5.75 Å². The van der Waals surface area contributed by atoms with Gasteiger partial charge in [0.25, 0.3) is 0 Å². The van der Waals surface area contributed by atoms with Crippen LogP contribution in [0.2, 0.25) is 5.02 Å². The first-order valence-corrected chi connectivity index (χ1v) is 9.47. The van der Waals surface area contributed by atoms with Crippen LogP contribution in [-0.2, 0) is 19.2 Å². The second-order valence-electron chi connectivity index (χ2n) is 6.10. The van der Waals surface area contributed by atoms with E-state index in [0.29, 0.717) is 22.2 Å². The Labute approximate surface area is 174 Å². The highest BCUT2D eigenvalue weighted by Gasteiger charge is 2.27. The average Bonchev–Trinajstić information content (AvgIpc) is 2.74.